The van der Waals surface area contributed by atoms with Crippen LogP contribution in [0.2, 0.25) is 0 Å². The van der Waals surface area contributed by atoms with Crippen molar-refractivity contribution in [2.24, 2.45) is 0 Å². The molecule has 0 fully saturated rings. The van der Waals surface area contributed by atoms with E-state index < -0.39 is 17.6 Å². The van der Waals surface area contributed by atoms with Gasteiger partial charge in [-0.2, -0.15) is 13.2 Å². The van der Waals surface area contributed by atoms with Gasteiger partial charge in [-0.1, -0.05) is 53.3 Å². The van der Waals surface area contributed by atoms with Gasteiger partial charge in [0.1, 0.15) is 0 Å². The SMILES string of the molecule is Cc1ccc(CCNc2ccc(C(F)(F)F)cc2C(=O)Nc2nc3ccccc3s2)cc1. The summed E-state index contributed by atoms with van der Waals surface area (Å²) in [6.45, 7) is 2.47. The minimum absolute atomic E-state index is 0.0806. The van der Waals surface area contributed by atoms with Crippen LogP contribution in [0.15, 0.2) is 66.7 Å². The predicted molar refractivity (Wildman–Crippen MR) is 122 cm³/mol. The molecule has 0 saturated carbocycles. The van der Waals surface area contributed by atoms with E-state index in [2.05, 4.69) is 15.6 Å². The molecule has 32 heavy (non-hydrogen) atoms. The molecule has 4 aromatic rings. The van der Waals surface area contributed by atoms with E-state index in [9.17, 15) is 18.0 Å². The third kappa shape index (κ3) is 5.08. The second-order valence-corrected chi connectivity index (χ2v) is 8.39. The van der Waals surface area contributed by atoms with Crippen LogP contribution in [-0.2, 0) is 12.6 Å². The summed E-state index contributed by atoms with van der Waals surface area (Å²) in [4.78, 5) is 17.2. The van der Waals surface area contributed by atoms with Gasteiger partial charge in [0, 0.05) is 12.2 Å². The third-order valence-corrected chi connectivity index (χ3v) is 5.91. The molecule has 0 aliphatic rings. The number of hydrogen-bond donors (Lipinski definition) is 2. The number of para-hydroxylation sites is 1. The number of anilines is 2. The summed E-state index contributed by atoms with van der Waals surface area (Å²) in [5.41, 5.74) is 2.34. The van der Waals surface area contributed by atoms with Crippen LogP contribution in [0.5, 0.6) is 0 Å². The van der Waals surface area contributed by atoms with Crippen molar-refractivity contribution in [3.63, 3.8) is 0 Å². The molecule has 4 rings (SSSR count). The highest BCUT2D eigenvalue weighted by atomic mass is 32.1. The van der Waals surface area contributed by atoms with Crippen LogP contribution in [0.4, 0.5) is 24.0 Å². The van der Waals surface area contributed by atoms with Crippen molar-refractivity contribution >= 4 is 38.3 Å². The predicted octanol–water partition coefficient (Wildman–Crippen LogP) is 6.53. The topological polar surface area (TPSA) is 54.0 Å². The first-order chi connectivity index (χ1) is 15.3. The standard InChI is InChI=1S/C24H20F3N3OS/c1-15-6-8-16(9-7-15)12-13-28-19-11-10-17(24(25,26)27)14-18(19)22(31)30-23-29-20-4-2-3-5-21(20)32-23/h2-11,14,28H,12-13H2,1H3,(H,29,30,31). The first-order valence-corrected chi connectivity index (χ1v) is 10.8. The Balaban J connectivity index is 1.55. The van der Waals surface area contributed by atoms with Gasteiger partial charge in [0.05, 0.1) is 21.3 Å². The van der Waals surface area contributed by atoms with Crippen molar-refractivity contribution in [2.45, 2.75) is 19.5 Å². The second kappa shape index (κ2) is 9.00. The summed E-state index contributed by atoms with van der Waals surface area (Å²) in [6, 6.07) is 18.5. The lowest BCUT2D eigenvalue weighted by atomic mass is 10.1. The van der Waals surface area contributed by atoms with Gasteiger partial charge >= 0.3 is 6.18 Å². The smallest absolute Gasteiger partial charge is 0.384 e. The van der Waals surface area contributed by atoms with E-state index >= 15 is 0 Å². The van der Waals surface area contributed by atoms with E-state index in [1.54, 1.807) is 0 Å². The molecule has 164 valence electrons. The number of fused-ring (bicyclic) bond motifs is 1. The minimum atomic E-state index is -4.55. The van der Waals surface area contributed by atoms with Crippen molar-refractivity contribution in [1.29, 1.82) is 0 Å². The molecule has 0 radical (unpaired) electrons. The number of rotatable bonds is 6. The van der Waals surface area contributed by atoms with Crippen molar-refractivity contribution in [3.8, 4) is 0 Å². The number of carbonyl (C=O) groups excluding carboxylic acids is 1. The molecule has 0 aliphatic carbocycles. The Hall–Kier alpha value is -3.39. The molecular weight excluding hydrogens is 435 g/mol. The maximum absolute atomic E-state index is 13.3. The molecule has 2 N–H and O–H groups in total. The number of nitrogens with one attached hydrogen (secondary N) is 2. The molecule has 1 amide bonds. The Bertz CT molecular complexity index is 1220. The average Bonchev–Trinajstić information content (AvgIpc) is 3.16. The summed E-state index contributed by atoms with van der Waals surface area (Å²) in [6.07, 6.45) is -3.88. The fourth-order valence-corrected chi connectivity index (χ4v) is 4.11. The quantitative estimate of drug-likeness (QED) is 0.348. The van der Waals surface area contributed by atoms with Gasteiger partial charge in [0.2, 0.25) is 0 Å². The molecule has 8 heteroatoms. The summed E-state index contributed by atoms with van der Waals surface area (Å²) in [7, 11) is 0. The van der Waals surface area contributed by atoms with Crippen molar-refractivity contribution in [2.75, 3.05) is 17.2 Å². The lowest BCUT2D eigenvalue weighted by molar-refractivity contribution is -0.137. The number of halogens is 3. The van der Waals surface area contributed by atoms with Crippen LogP contribution in [0, 0.1) is 6.92 Å². The van der Waals surface area contributed by atoms with E-state index in [1.807, 2.05) is 55.5 Å². The fraction of sp³-hybridized carbons (Fsp3) is 0.167. The van der Waals surface area contributed by atoms with E-state index in [4.69, 9.17) is 0 Å². The van der Waals surface area contributed by atoms with Crippen LogP contribution in [0.1, 0.15) is 27.0 Å². The van der Waals surface area contributed by atoms with Crippen molar-refractivity contribution < 1.29 is 18.0 Å². The van der Waals surface area contributed by atoms with Crippen LogP contribution in [0.25, 0.3) is 10.2 Å². The third-order valence-electron chi connectivity index (χ3n) is 4.96. The molecule has 0 unspecified atom stereocenters. The molecule has 0 aliphatic heterocycles. The molecule has 3 aromatic carbocycles. The Morgan fingerprint density at radius 3 is 2.50 bits per heavy atom. The second-order valence-electron chi connectivity index (χ2n) is 7.36. The molecule has 0 bridgehead atoms. The maximum Gasteiger partial charge on any atom is 0.416 e. The summed E-state index contributed by atoms with van der Waals surface area (Å²) < 4.78 is 40.7. The van der Waals surface area contributed by atoms with E-state index in [-0.39, 0.29) is 5.56 Å². The Morgan fingerprint density at radius 1 is 1.03 bits per heavy atom. The van der Waals surface area contributed by atoms with E-state index in [1.165, 1.54) is 17.4 Å². The van der Waals surface area contributed by atoms with Gasteiger partial charge in [-0.15, -0.1) is 0 Å². The van der Waals surface area contributed by atoms with Gasteiger partial charge in [-0.3, -0.25) is 10.1 Å². The van der Waals surface area contributed by atoms with Gasteiger partial charge in [0.15, 0.2) is 5.13 Å². The first kappa shape index (κ1) is 21.8. The molecule has 4 nitrogen and oxygen atoms in total. The number of hydrogen-bond acceptors (Lipinski definition) is 4. The highest BCUT2D eigenvalue weighted by Gasteiger charge is 2.32. The molecule has 1 heterocycles. The zero-order valence-corrected chi connectivity index (χ0v) is 18.0. The number of carbonyl (C=O) groups is 1. The van der Waals surface area contributed by atoms with Crippen LogP contribution >= 0.6 is 11.3 Å². The number of benzene rings is 3. The molecule has 1 aromatic heterocycles. The minimum Gasteiger partial charge on any atom is -0.384 e. The number of aromatic nitrogens is 1. The normalized spacial score (nSPS) is 11.5. The van der Waals surface area contributed by atoms with Crippen LogP contribution in [-0.4, -0.2) is 17.4 Å². The van der Waals surface area contributed by atoms with Gasteiger partial charge in [-0.05, 0) is 49.2 Å². The van der Waals surface area contributed by atoms with E-state index in [0.717, 1.165) is 28.0 Å². The average molecular weight is 456 g/mol. The van der Waals surface area contributed by atoms with E-state index in [0.29, 0.717) is 29.3 Å². The summed E-state index contributed by atoms with van der Waals surface area (Å²) in [5.74, 6) is -0.645. The molecule has 0 spiro atoms. The van der Waals surface area contributed by atoms with Crippen LogP contribution in [0.3, 0.4) is 0 Å². The lowest BCUT2D eigenvalue weighted by Crippen LogP contribution is -2.17. The van der Waals surface area contributed by atoms with Gasteiger partial charge < -0.3 is 5.32 Å². The Morgan fingerprint density at radius 2 is 1.78 bits per heavy atom. The maximum atomic E-state index is 13.3. The van der Waals surface area contributed by atoms with Crippen LogP contribution < -0.4 is 10.6 Å². The van der Waals surface area contributed by atoms with Crippen molar-refractivity contribution in [3.05, 3.63) is 89.0 Å². The number of amides is 1. The Labute approximate surface area is 187 Å². The Kier molecular flexibility index (Phi) is 6.14. The van der Waals surface area contributed by atoms with Gasteiger partial charge in [-0.25, -0.2) is 4.98 Å². The molecule has 0 atom stereocenters. The molecular formula is C24H20F3N3OS. The summed E-state index contributed by atoms with van der Waals surface area (Å²) >= 11 is 1.27. The lowest BCUT2D eigenvalue weighted by Gasteiger charge is -2.15. The fourth-order valence-electron chi connectivity index (χ4n) is 3.25. The first-order valence-electron chi connectivity index (χ1n) is 9.97. The highest BCUT2D eigenvalue weighted by molar-refractivity contribution is 7.22. The number of aryl methyl sites for hydroxylation is 1. The highest BCUT2D eigenvalue weighted by Crippen LogP contribution is 2.33. The number of thiazole rings is 1. The number of alkyl halides is 3. The monoisotopic (exact) mass is 455 g/mol. The van der Waals surface area contributed by atoms with Crippen molar-refractivity contribution in [1.82, 2.24) is 4.98 Å². The number of nitrogens with zero attached hydrogens (tertiary/aromatic N) is 1. The largest absolute Gasteiger partial charge is 0.416 e. The van der Waals surface area contributed by atoms with Gasteiger partial charge in [0.25, 0.3) is 5.91 Å². The zero-order valence-electron chi connectivity index (χ0n) is 17.2. The zero-order chi connectivity index (χ0) is 22.7. The summed E-state index contributed by atoms with van der Waals surface area (Å²) in [5, 5.41) is 6.08. The molecule has 0 saturated heterocycles.